The van der Waals surface area contributed by atoms with Crippen LogP contribution < -0.4 is 56.1 Å². The van der Waals surface area contributed by atoms with Crippen LogP contribution in [0.4, 0.5) is 4.79 Å². The van der Waals surface area contributed by atoms with E-state index in [1.165, 1.54) is 0 Å². The molecular weight excluding hydrogens is 629 g/mol. The van der Waals surface area contributed by atoms with Crippen LogP contribution in [0.2, 0.25) is 0 Å². The number of urea groups is 1. The Hall–Kier alpha value is -1.60. The molecule has 3 heterocycles. The van der Waals surface area contributed by atoms with Crippen molar-refractivity contribution in [2.75, 3.05) is 18.8 Å². The van der Waals surface area contributed by atoms with Gasteiger partial charge in [0, 0.05) is 55.4 Å². The maximum Gasteiger partial charge on any atom is 1.00 e. The largest absolute Gasteiger partial charge is 1.00 e. The van der Waals surface area contributed by atoms with Gasteiger partial charge in [-0.15, -0.1) is 5.06 Å². The minimum absolute atomic E-state index is 0. The van der Waals surface area contributed by atoms with Crippen molar-refractivity contribution in [2.24, 2.45) is 0 Å². The van der Waals surface area contributed by atoms with Crippen LogP contribution >= 0.6 is 23.8 Å². The Morgan fingerprint density at radius 2 is 1.55 bits per heavy atom. The molecule has 4 N–H and O–H groups in total. The fraction of sp³-hybridized carbons (Fsp3) is 0.769. The predicted octanol–water partition coefficient (Wildman–Crippen LogP) is -2.47. The number of amides is 6. The normalized spacial score (nSPS) is 22.2. The molecule has 3 aliphatic rings. The van der Waals surface area contributed by atoms with Gasteiger partial charge in [0.2, 0.25) is 11.8 Å². The molecule has 0 saturated carbocycles. The standard InChI is InChI=1S/C26H41N5O10S2.Na/c32-20(27-14-8-2-4-12-23(35)39-31-22(34)15-19(25(31)36)43-41-40-38)10-3-1-7-13-28-21(33)11-6-5-9-18-24-17(16-42-18)29-26(37)30-24;/h17-19,24,38H,1-16H2,(H,27,32)(H,28,33)(H2,29,30,37);/q;+1/p-1/t17-,18?,19?,24-;/m0./s1. The molecule has 3 saturated heterocycles. The van der Waals surface area contributed by atoms with Crippen molar-refractivity contribution < 1.29 is 77.8 Å². The number of unbranched alkanes of at least 4 members (excludes halogenated alkanes) is 5. The number of nitrogens with one attached hydrogen (secondary N) is 4. The summed E-state index contributed by atoms with van der Waals surface area (Å²) in [6.45, 7) is 1.06. The average Bonchev–Trinajstić information content (AvgIpc) is 3.61. The van der Waals surface area contributed by atoms with Crippen molar-refractivity contribution in [2.45, 2.75) is 106 Å². The van der Waals surface area contributed by atoms with Gasteiger partial charge in [0.05, 0.1) is 18.5 Å². The number of thioether (sulfide) groups is 1. The van der Waals surface area contributed by atoms with E-state index in [4.69, 9.17) is 4.84 Å². The molecular formula is C26H40N5NaO10S2. The zero-order chi connectivity index (χ0) is 31.0. The Labute approximate surface area is 287 Å². The summed E-state index contributed by atoms with van der Waals surface area (Å²) in [5, 5.41) is 24.5. The first kappa shape index (κ1) is 38.6. The van der Waals surface area contributed by atoms with E-state index in [1.54, 1.807) is 0 Å². The molecule has 0 bridgehead atoms. The number of carbonyl (C=O) groups excluding carboxylic acids is 6. The second kappa shape index (κ2) is 21.2. The molecule has 6 amide bonds. The van der Waals surface area contributed by atoms with Gasteiger partial charge in [0.25, 0.3) is 11.8 Å². The van der Waals surface area contributed by atoms with Crippen LogP contribution in [0.1, 0.15) is 83.5 Å². The molecule has 0 radical (unpaired) electrons. The quantitative estimate of drug-likeness (QED) is 0.0191. The van der Waals surface area contributed by atoms with Crippen molar-refractivity contribution >= 4 is 59.4 Å². The van der Waals surface area contributed by atoms with Crippen LogP contribution in [0.25, 0.3) is 0 Å². The van der Waals surface area contributed by atoms with E-state index in [1.807, 2.05) is 11.8 Å². The van der Waals surface area contributed by atoms with Crippen LogP contribution in [0.5, 0.6) is 0 Å². The third-order valence-corrected chi connectivity index (χ3v) is 9.55. The number of nitrogens with zero attached hydrogens (tertiary/aromatic N) is 1. The number of hydroxylamine groups is 2. The Bertz CT molecular complexity index is 997. The molecule has 44 heavy (non-hydrogen) atoms. The van der Waals surface area contributed by atoms with Gasteiger partial charge in [-0.25, -0.2) is 9.59 Å². The third-order valence-electron chi connectivity index (χ3n) is 7.30. The van der Waals surface area contributed by atoms with Gasteiger partial charge >= 0.3 is 41.6 Å². The Kier molecular flexibility index (Phi) is 18.6. The molecule has 15 nitrogen and oxygen atoms in total. The second-order valence-electron chi connectivity index (χ2n) is 10.6. The van der Waals surface area contributed by atoms with Crippen molar-refractivity contribution in [3.8, 4) is 0 Å². The van der Waals surface area contributed by atoms with E-state index < -0.39 is 23.0 Å². The average molecular weight is 670 g/mol. The third kappa shape index (κ3) is 13.4. The summed E-state index contributed by atoms with van der Waals surface area (Å²) in [5.41, 5.74) is 0. The molecule has 18 heteroatoms. The maximum atomic E-state index is 12.1. The van der Waals surface area contributed by atoms with Crippen LogP contribution in [-0.2, 0) is 38.2 Å². The van der Waals surface area contributed by atoms with Crippen molar-refractivity contribution in [1.29, 1.82) is 0 Å². The Morgan fingerprint density at radius 3 is 2.20 bits per heavy atom. The summed E-state index contributed by atoms with van der Waals surface area (Å²) in [5.74, 6) is -1.31. The van der Waals surface area contributed by atoms with Crippen molar-refractivity contribution in [3.63, 3.8) is 0 Å². The van der Waals surface area contributed by atoms with E-state index >= 15 is 0 Å². The van der Waals surface area contributed by atoms with Crippen molar-refractivity contribution in [1.82, 2.24) is 26.3 Å². The van der Waals surface area contributed by atoms with E-state index in [0.717, 1.165) is 44.3 Å². The molecule has 0 aromatic rings. The monoisotopic (exact) mass is 669 g/mol. The number of hydrogen-bond donors (Lipinski definition) is 4. The predicted molar refractivity (Wildman–Crippen MR) is 153 cm³/mol. The second-order valence-corrected chi connectivity index (χ2v) is 12.8. The molecule has 0 aromatic heterocycles. The van der Waals surface area contributed by atoms with Gasteiger partial charge in [0.1, 0.15) is 5.25 Å². The molecule has 0 aromatic carbocycles. The molecule has 2 unspecified atom stereocenters. The van der Waals surface area contributed by atoms with Gasteiger partial charge in [-0.3, -0.25) is 24.2 Å². The number of hydrogen-bond acceptors (Lipinski definition) is 12. The molecule has 3 rings (SSSR count). The minimum Gasteiger partial charge on any atom is -0.691 e. The summed E-state index contributed by atoms with van der Waals surface area (Å²) in [4.78, 5) is 76.1. The molecule has 0 aliphatic carbocycles. The number of carbonyl (C=O) groups is 6. The topological polar surface area (TPSA) is 205 Å². The summed E-state index contributed by atoms with van der Waals surface area (Å²) in [6.07, 6.45) is 7.50. The summed E-state index contributed by atoms with van der Waals surface area (Å²) in [7, 11) is 0. The van der Waals surface area contributed by atoms with Gasteiger partial charge in [0.15, 0.2) is 0 Å². The zero-order valence-corrected chi connectivity index (χ0v) is 28.6. The number of imide groups is 1. The molecule has 4 atom stereocenters. The first-order chi connectivity index (χ1) is 20.8. The summed E-state index contributed by atoms with van der Waals surface area (Å²) in [6, 6.07) is 0.345. The molecule has 0 spiro atoms. The Balaban J connectivity index is 0.00000675. The molecule has 242 valence electrons. The van der Waals surface area contributed by atoms with Gasteiger partial charge in [-0.1, -0.05) is 19.3 Å². The van der Waals surface area contributed by atoms with Crippen molar-refractivity contribution in [3.05, 3.63) is 0 Å². The zero-order valence-electron chi connectivity index (χ0n) is 25.0. The van der Waals surface area contributed by atoms with E-state index in [-0.39, 0.29) is 72.3 Å². The fourth-order valence-electron chi connectivity index (χ4n) is 5.03. The minimum atomic E-state index is -1.02. The SMILES string of the molecule is O=C(CCCCCNC(=O)CCCCC1SC[C@@H]2NC(=O)N[C@H]12)NCCCCCC(=O)ON1C(=O)CC(SOO[O-])C1=O.[Na+]. The van der Waals surface area contributed by atoms with E-state index in [0.29, 0.717) is 67.5 Å². The maximum absolute atomic E-state index is 12.1. The first-order valence-corrected chi connectivity index (χ1v) is 16.6. The van der Waals surface area contributed by atoms with Gasteiger partial charge < -0.3 is 31.4 Å². The van der Waals surface area contributed by atoms with E-state index in [2.05, 4.69) is 30.6 Å². The fourth-order valence-corrected chi connectivity index (χ4v) is 7.09. The summed E-state index contributed by atoms with van der Waals surface area (Å²) < 4.78 is 4.06. The summed E-state index contributed by atoms with van der Waals surface area (Å²) >= 11 is 2.26. The van der Waals surface area contributed by atoms with Crippen LogP contribution in [0, 0.1) is 0 Å². The number of fused-ring (bicyclic) bond motifs is 1. The molecule has 3 aliphatic heterocycles. The van der Waals surface area contributed by atoms with Gasteiger partial charge in [-0.05, 0) is 38.5 Å². The van der Waals surface area contributed by atoms with Crippen LogP contribution in [-0.4, -0.2) is 82.1 Å². The smallest absolute Gasteiger partial charge is 0.691 e. The van der Waals surface area contributed by atoms with Gasteiger partial charge in [-0.2, -0.15) is 16.1 Å². The molecule has 3 fully saturated rings. The first-order valence-electron chi connectivity index (χ1n) is 14.7. The Morgan fingerprint density at radius 1 is 0.909 bits per heavy atom. The van der Waals surface area contributed by atoms with E-state index in [9.17, 15) is 34.0 Å². The number of rotatable bonds is 21. The van der Waals surface area contributed by atoms with Crippen LogP contribution in [0.15, 0.2) is 0 Å². The van der Waals surface area contributed by atoms with Crippen LogP contribution in [0.3, 0.4) is 0 Å².